The molecule has 0 fully saturated rings. The van der Waals surface area contributed by atoms with E-state index < -0.39 is 0 Å². The minimum atomic E-state index is 0.444. The molecule has 0 saturated carbocycles. The van der Waals surface area contributed by atoms with E-state index in [2.05, 4.69) is 48.7 Å². The highest BCUT2D eigenvalue weighted by Crippen LogP contribution is 2.00. The minimum Gasteiger partial charge on any atom is -0.357 e. The predicted molar refractivity (Wildman–Crippen MR) is 81.6 cm³/mol. The highest BCUT2D eigenvalue weighted by Gasteiger charge is 2.02. The van der Waals surface area contributed by atoms with Crippen LogP contribution in [0.3, 0.4) is 0 Å². The van der Waals surface area contributed by atoms with Crippen LogP contribution in [0, 0.1) is 5.92 Å². The summed E-state index contributed by atoms with van der Waals surface area (Å²) >= 11 is 5.18. The number of hydrogen-bond acceptors (Lipinski definition) is 2. The predicted octanol–water partition coefficient (Wildman–Crippen LogP) is 3.07. The summed E-state index contributed by atoms with van der Waals surface area (Å²) in [5.41, 5.74) is 5.22. The fourth-order valence-corrected chi connectivity index (χ4v) is 1.67. The molecule has 0 atom stereocenters. The molecule has 0 unspecified atom stereocenters. The zero-order valence-corrected chi connectivity index (χ0v) is 12.1. The van der Waals surface area contributed by atoms with Crippen molar-refractivity contribution in [1.29, 1.82) is 0 Å². The van der Waals surface area contributed by atoms with Gasteiger partial charge in [0.05, 0.1) is 0 Å². The van der Waals surface area contributed by atoms with Gasteiger partial charge in [-0.1, -0.05) is 51.1 Å². The Bertz CT molecular complexity index is 399. The number of thiocarbonyl (C=S) groups is 1. The van der Waals surface area contributed by atoms with Crippen molar-refractivity contribution in [2.75, 3.05) is 0 Å². The first kappa shape index (κ1) is 14.6. The monoisotopic (exact) mass is 263 g/mol. The van der Waals surface area contributed by atoms with Gasteiger partial charge in [0.2, 0.25) is 0 Å². The van der Waals surface area contributed by atoms with Crippen LogP contribution in [0.1, 0.15) is 32.8 Å². The first-order chi connectivity index (χ1) is 8.63. The standard InChI is InChI=1S/C14H21N3S/c1-4-13(11(2)3)16-17-14(18)15-10-12-8-6-5-7-9-12/h5-9,11H,4,10H2,1-3H3,(H2,15,17,18)/b16-13-. The van der Waals surface area contributed by atoms with Crippen LogP contribution in [-0.2, 0) is 6.54 Å². The lowest BCUT2D eigenvalue weighted by atomic mass is 10.1. The molecule has 0 spiro atoms. The van der Waals surface area contributed by atoms with E-state index in [4.69, 9.17) is 12.2 Å². The fraction of sp³-hybridized carbons (Fsp3) is 0.429. The number of hydrogen-bond donors (Lipinski definition) is 2. The summed E-state index contributed by atoms with van der Waals surface area (Å²) in [7, 11) is 0. The van der Waals surface area contributed by atoms with E-state index in [1.807, 2.05) is 18.2 Å². The molecule has 2 N–H and O–H groups in total. The van der Waals surface area contributed by atoms with Crippen molar-refractivity contribution < 1.29 is 0 Å². The van der Waals surface area contributed by atoms with Crippen LogP contribution in [0.2, 0.25) is 0 Å². The molecular formula is C14H21N3S. The molecule has 0 bridgehead atoms. The number of nitrogens with zero attached hydrogens (tertiary/aromatic N) is 1. The van der Waals surface area contributed by atoms with E-state index in [-0.39, 0.29) is 0 Å². The van der Waals surface area contributed by atoms with Crippen LogP contribution in [0.25, 0.3) is 0 Å². The maximum absolute atomic E-state index is 5.18. The maximum Gasteiger partial charge on any atom is 0.187 e. The molecule has 18 heavy (non-hydrogen) atoms. The molecule has 0 aliphatic rings. The molecule has 1 aromatic carbocycles. The van der Waals surface area contributed by atoms with Gasteiger partial charge in [0.15, 0.2) is 5.11 Å². The van der Waals surface area contributed by atoms with Crippen molar-refractivity contribution in [3.05, 3.63) is 35.9 Å². The quantitative estimate of drug-likeness (QED) is 0.487. The SMILES string of the molecule is CC/C(=N/NC(=S)NCc1ccccc1)C(C)C. The summed E-state index contributed by atoms with van der Waals surface area (Å²) in [5.74, 6) is 0.444. The van der Waals surface area contributed by atoms with Crippen LogP contribution in [-0.4, -0.2) is 10.8 Å². The van der Waals surface area contributed by atoms with Crippen LogP contribution >= 0.6 is 12.2 Å². The summed E-state index contributed by atoms with van der Waals surface area (Å²) in [6.45, 7) is 7.07. The fourth-order valence-electron chi connectivity index (χ4n) is 1.56. The van der Waals surface area contributed by atoms with Gasteiger partial charge in [-0.05, 0) is 30.1 Å². The van der Waals surface area contributed by atoms with Gasteiger partial charge < -0.3 is 5.32 Å². The Morgan fingerprint density at radius 2 is 1.94 bits per heavy atom. The highest BCUT2D eigenvalue weighted by molar-refractivity contribution is 7.80. The average molecular weight is 263 g/mol. The minimum absolute atomic E-state index is 0.444. The molecule has 0 aromatic heterocycles. The molecule has 0 heterocycles. The van der Waals surface area contributed by atoms with Crippen LogP contribution < -0.4 is 10.7 Å². The first-order valence-corrected chi connectivity index (χ1v) is 6.68. The number of benzene rings is 1. The number of nitrogens with one attached hydrogen (secondary N) is 2. The van der Waals surface area contributed by atoms with Gasteiger partial charge in [-0.15, -0.1) is 0 Å². The van der Waals surface area contributed by atoms with E-state index in [9.17, 15) is 0 Å². The molecule has 3 nitrogen and oxygen atoms in total. The second-order valence-corrected chi connectivity index (χ2v) is 4.80. The van der Waals surface area contributed by atoms with Gasteiger partial charge in [-0.2, -0.15) is 5.10 Å². The van der Waals surface area contributed by atoms with E-state index in [0.717, 1.165) is 12.1 Å². The molecule has 4 heteroatoms. The summed E-state index contributed by atoms with van der Waals surface area (Å²) in [4.78, 5) is 0. The van der Waals surface area contributed by atoms with Gasteiger partial charge in [0.25, 0.3) is 0 Å². The number of rotatable bonds is 5. The molecule has 98 valence electrons. The molecular weight excluding hydrogens is 242 g/mol. The lowest BCUT2D eigenvalue weighted by Crippen LogP contribution is -2.32. The molecule has 0 aliphatic heterocycles. The van der Waals surface area contributed by atoms with Crippen LogP contribution in [0.15, 0.2) is 35.4 Å². The molecule has 0 aliphatic carbocycles. The third-order valence-electron chi connectivity index (χ3n) is 2.63. The second kappa shape index (κ2) is 7.82. The second-order valence-electron chi connectivity index (χ2n) is 4.39. The van der Waals surface area contributed by atoms with Crippen molar-refractivity contribution in [3.63, 3.8) is 0 Å². The van der Waals surface area contributed by atoms with Gasteiger partial charge in [-0.25, -0.2) is 0 Å². The van der Waals surface area contributed by atoms with Crippen molar-refractivity contribution in [2.24, 2.45) is 11.0 Å². The summed E-state index contributed by atoms with van der Waals surface area (Å²) in [6.07, 6.45) is 0.936. The lowest BCUT2D eigenvalue weighted by molar-refractivity contribution is 0.815. The zero-order valence-electron chi connectivity index (χ0n) is 11.2. The smallest absolute Gasteiger partial charge is 0.187 e. The van der Waals surface area contributed by atoms with Crippen molar-refractivity contribution in [2.45, 2.75) is 33.7 Å². The van der Waals surface area contributed by atoms with Crippen molar-refractivity contribution >= 4 is 23.0 Å². The van der Waals surface area contributed by atoms with Crippen LogP contribution in [0.5, 0.6) is 0 Å². The summed E-state index contributed by atoms with van der Waals surface area (Å²) < 4.78 is 0. The third-order valence-corrected chi connectivity index (χ3v) is 2.86. The first-order valence-electron chi connectivity index (χ1n) is 6.27. The van der Waals surface area contributed by atoms with Crippen LogP contribution in [0.4, 0.5) is 0 Å². The van der Waals surface area contributed by atoms with E-state index in [0.29, 0.717) is 17.6 Å². The normalized spacial score (nSPS) is 11.4. The molecule has 0 amide bonds. The Morgan fingerprint density at radius 3 is 2.50 bits per heavy atom. The van der Waals surface area contributed by atoms with Crippen molar-refractivity contribution in [1.82, 2.24) is 10.7 Å². The third kappa shape index (κ3) is 5.27. The van der Waals surface area contributed by atoms with E-state index >= 15 is 0 Å². The Balaban J connectivity index is 2.38. The lowest BCUT2D eigenvalue weighted by Gasteiger charge is -2.10. The molecule has 1 aromatic rings. The number of hydrazone groups is 1. The summed E-state index contributed by atoms with van der Waals surface area (Å²) in [5, 5.41) is 8.01. The van der Waals surface area contributed by atoms with Gasteiger partial charge in [0, 0.05) is 12.3 Å². The average Bonchev–Trinajstić information content (AvgIpc) is 2.38. The molecule has 0 saturated heterocycles. The zero-order chi connectivity index (χ0) is 13.4. The molecule has 1 rings (SSSR count). The Hall–Kier alpha value is -1.42. The van der Waals surface area contributed by atoms with Crippen molar-refractivity contribution in [3.8, 4) is 0 Å². The van der Waals surface area contributed by atoms with E-state index in [1.165, 1.54) is 5.56 Å². The Morgan fingerprint density at radius 1 is 1.28 bits per heavy atom. The summed E-state index contributed by atoms with van der Waals surface area (Å²) in [6, 6.07) is 10.1. The maximum atomic E-state index is 5.18. The van der Waals surface area contributed by atoms with Gasteiger partial charge in [0.1, 0.15) is 0 Å². The van der Waals surface area contributed by atoms with E-state index in [1.54, 1.807) is 0 Å². The topological polar surface area (TPSA) is 36.4 Å². The van der Waals surface area contributed by atoms with Gasteiger partial charge >= 0.3 is 0 Å². The molecule has 0 radical (unpaired) electrons. The highest BCUT2D eigenvalue weighted by atomic mass is 32.1. The largest absolute Gasteiger partial charge is 0.357 e. The Labute approximate surface area is 115 Å². The van der Waals surface area contributed by atoms with Gasteiger partial charge in [-0.3, -0.25) is 5.43 Å². The Kier molecular flexibility index (Phi) is 6.36.